The van der Waals surface area contributed by atoms with E-state index in [-0.39, 0.29) is 17.1 Å². The van der Waals surface area contributed by atoms with E-state index >= 15 is 0 Å². The van der Waals surface area contributed by atoms with Gasteiger partial charge in [0.1, 0.15) is 11.5 Å². The third kappa shape index (κ3) is 4.47. The van der Waals surface area contributed by atoms with Crippen molar-refractivity contribution in [3.05, 3.63) is 67.7 Å². The fourth-order valence-electron chi connectivity index (χ4n) is 2.42. The molecule has 3 aromatic rings. The first-order valence-electron chi connectivity index (χ1n) is 7.59. The van der Waals surface area contributed by atoms with Crippen molar-refractivity contribution >= 4 is 69.2 Å². The molecule has 27 heavy (non-hydrogen) atoms. The highest BCUT2D eigenvalue weighted by atomic mass is 127. The summed E-state index contributed by atoms with van der Waals surface area (Å²) in [6.07, 6.45) is 0. The second-order valence-corrected chi connectivity index (χ2v) is 11.9. The summed E-state index contributed by atoms with van der Waals surface area (Å²) in [4.78, 5) is 0.577. The number of rotatable bonds is 5. The van der Waals surface area contributed by atoms with E-state index in [1.54, 1.807) is 11.4 Å². The quantitative estimate of drug-likeness (QED) is 0.210. The van der Waals surface area contributed by atoms with Gasteiger partial charge in [-0.1, -0.05) is 0 Å². The summed E-state index contributed by atoms with van der Waals surface area (Å²) >= 11 is 3.34. The Hall–Kier alpha value is -1.16. The normalized spacial score (nSPS) is 12.1. The molecule has 1 heterocycles. The highest BCUT2D eigenvalue weighted by molar-refractivity contribution is 14.1. The predicted octanol–water partition coefficient (Wildman–Crippen LogP) is 6.01. The molecule has 0 aliphatic rings. The number of benzene rings is 2. The van der Waals surface area contributed by atoms with E-state index in [1.165, 1.54) is 29.5 Å². The molecule has 0 radical (unpaired) electrons. The Kier molecular flexibility index (Phi) is 6.14. The van der Waals surface area contributed by atoms with E-state index in [9.17, 15) is 17.4 Å². The summed E-state index contributed by atoms with van der Waals surface area (Å²) in [7, 11) is -0.938. The first-order valence-corrected chi connectivity index (χ1v) is 12.9. The Morgan fingerprint density at radius 2 is 1.78 bits per heavy atom. The Balaban J connectivity index is 2.03. The van der Waals surface area contributed by atoms with Crippen LogP contribution >= 0.6 is 42.4 Å². The molecule has 0 saturated heterocycles. The lowest BCUT2D eigenvalue weighted by Gasteiger charge is -2.24. The van der Waals surface area contributed by atoms with Crippen molar-refractivity contribution < 1.29 is 17.4 Å². The van der Waals surface area contributed by atoms with E-state index in [2.05, 4.69) is 18.5 Å². The molecule has 10 heteroatoms. The van der Waals surface area contributed by atoms with Crippen LogP contribution in [0.5, 0.6) is 0 Å². The smallest absolute Gasteiger partial charge is 0.184 e. The van der Waals surface area contributed by atoms with Gasteiger partial charge in [-0.05, 0) is 89.0 Å². The van der Waals surface area contributed by atoms with Crippen molar-refractivity contribution in [2.75, 3.05) is 10.0 Å². The molecule has 3 nitrogen and oxygen atoms in total. The van der Waals surface area contributed by atoms with Crippen molar-refractivity contribution in [3.63, 3.8) is 0 Å². The van der Waals surface area contributed by atoms with E-state index in [4.69, 9.17) is 0 Å². The molecule has 1 aromatic heterocycles. The lowest BCUT2D eigenvalue weighted by molar-refractivity contribution is 0.512. The molecule has 2 N–H and O–H groups in total. The maximum Gasteiger partial charge on any atom is 0.184 e. The SMILES string of the molecule is Cc1cscc1[SH](=O)(P)Nc1ccc(F)c(F)c1Nc1ccc(I)cc1F. The monoisotopic (exact) mass is 542 g/mol. The average molecular weight is 542 g/mol. The largest absolute Gasteiger partial charge is 0.349 e. The zero-order valence-corrected chi connectivity index (χ0v) is 18.9. The van der Waals surface area contributed by atoms with Crippen molar-refractivity contribution in [1.82, 2.24) is 0 Å². The van der Waals surface area contributed by atoms with Gasteiger partial charge in [0.25, 0.3) is 0 Å². The number of aryl methyl sites for hydroxylation is 1. The third-order valence-corrected chi connectivity index (χ3v) is 8.46. The van der Waals surface area contributed by atoms with Gasteiger partial charge in [-0.25, -0.2) is 13.2 Å². The Bertz CT molecular complexity index is 1060. The molecule has 0 spiro atoms. The summed E-state index contributed by atoms with van der Waals surface area (Å²) < 4.78 is 59.0. The first kappa shape index (κ1) is 20.6. The molecule has 0 saturated carbocycles. The molecule has 0 aliphatic carbocycles. The number of nitrogens with one attached hydrogen (secondary N) is 2. The van der Waals surface area contributed by atoms with Crippen LogP contribution in [0.3, 0.4) is 0 Å². The van der Waals surface area contributed by atoms with Crippen LogP contribution in [0.25, 0.3) is 0 Å². The minimum absolute atomic E-state index is 0.0201. The molecule has 0 bridgehead atoms. The average Bonchev–Trinajstić information content (AvgIpc) is 3.03. The van der Waals surface area contributed by atoms with E-state index in [1.807, 2.05) is 34.9 Å². The lowest BCUT2D eigenvalue weighted by Crippen LogP contribution is -2.17. The molecule has 2 aromatic carbocycles. The molecular weight excluding hydrogens is 527 g/mol. The van der Waals surface area contributed by atoms with Gasteiger partial charge in [0.2, 0.25) is 0 Å². The minimum Gasteiger partial charge on any atom is -0.349 e. The topological polar surface area (TPSA) is 41.1 Å². The fourth-order valence-corrected chi connectivity index (χ4v) is 7.32. The minimum atomic E-state index is -3.19. The molecular formula is C17H15F3IN2OPS2. The Labute approximate surface area is 175 Å². The van der Waals surface area contributed by atoms with Crippen molar-refractivity contribution in [1.29, 1.82) is 0 Å². The van der Waals surface area contributed by atoms with Gasteiger partial charge in [-0.15, -0.1) is 0 Å². The van der Waals surface area contributed by atoms with Crippen LogP contribution in [0, 0.1) is 27.9 Å². The van der Waals surface area contributed by atoms with E-state index in [0.717, 1.165) is 11.6 Å². The molecule has 0 fully saturated rings. The van der Waals surface area contributed by atoms with Crippen LogP contribution in [-0.4, -0.2) is 4.21 Å². The van der Waals surface area contributed by atoms with Crippen molar-refractivity contribution in [2.24, 2.45) is 0 Å². The summed E-state index contributed by atoms with van der Waals surface area (Å²) in [5.74, 6) is -2.90. The lowest BCUT2D eigenvalue weighted by atomic mass is 10.2. The third-order valence-electron chi connectivity index (χ3n) is 3.76. The second-order valence-electron chi connectivity index (χ2n) is 5.74. The maximum atomic E-state index is 14.5. The predicted molar refractivity (Wildman–Crippen MR) is 119 cm³/mol. The van der Waals surface area contributed by atoms with Gasteiger partial charge in [0, 0.05) is 13.8 Å². The molecule has 1 unspecified atom stereocenters. The highest BCUT2D eigenvalue weighted by Crippen LogP contribution is 2.38. The van der Waals surface area contributed by atoms with Gasteiger partial charge in [0.05, 0.1) is 11.4 Å². The molecule has 0 amide bonds. The first-order chi connectivity index (χ1) is 12.7. The molecule has 144 valence electrons. The number of hydrogen-bond acceptors (Lipinski definition) is 3. The Morgan fingerprint density at radius 3 is 2.41 bits per heavy atom. The van der Waals surface area contributed by atoms with Crippen LogP contribution in [0.15, 0.2) is 46.0 Å². The number of halogens is 4. The van der Waals surface area contributed by atoms with Gasteiger partial charge in [-0.3, -0.25) is 4.21 Å². The number of thiophene rings is 1. The summed E-state index contributed by atoms with van der Waals surface area (Å²) in [6.45, 7) is 1.82. The summed E-state index contributed by atoms with van der Waals surface area (Å²) in [5.41, 5.74) is 0.557. The zero-order valence-electron chi connectivity index (χ0n) is 13.9. The van der Waals surface area contributed by atoms with Crippen molar-refractivity contribution in [3.8, 4) is 0 Å². The van der Waals surface area contributed by atoms with E-state index in [0.29, 0.717) is 8.47 Å². The Morgan fingerprint density at radius 1 is 1.07 bits per heavy atom. The number of anilines is 3. The van der Waals surface area contributed by atoms with Gasteiger partial charge in [-0.2, -0.15) is 11.3 Å². The molecule has 1 atom stereocenters. The zero-order chi connectivity index (χ0) is 19.8. The molecule has 0 aliphatic heterocycles. The van der Waals surface area contributed by atoms with Crippen LogP contribution in [0.4, 0.5) is 30.2 Å². The number of thiol groups is 1. The van der Waals surface area contributed by atoms with Gasteiger partial charge < -0.3 is 10.0 Å². The standard InChI is InChI=1S/C17H15F3IN2OPS2/c1-9-7-26-8-15(9)27(24,25)23-14-5-3-11(18)16(20)17(14)22-13-4-2-10(21)6-12(13)19/h2-8,22,27H,25H2,1H3,(H,23,24). The van der Waals surface area contributed by atoms with Gasteiger partial charge in [0.15, 0.2) is 11.6 Å². The fraction of sp³-hybridized carbons (Fsp3) is 0.0588. The van der Waals surface area contributed by atoms with Crippen LogP contribution in [-0.2, 0) is 9.74 Å². The van der Waals surface area contributed by atoms with Gasteiger partial charge >= 0.3 is 0 Å². The molecule has 3 rings (SSSR count). The van der Waals surface area contributed by atoms with Crippen molar-refractivity contribution in [2.45, 2.75) is 11.8 Å². The number of hydrogen-bond donors (Lipinski definition) is 3. The highest BCUT2D eigenvalue weighted by Gasteiger charge is 2.21. The summed E-state index contributed by atoms with van der Waals surface area (Å²) in [5, 5.41) is 6.16. The maximum absolute atomic E-state index is 14.5. The van der Waals surface area contributed by atoms with Crippen LogP contribution in [0.2, 0.25) is 0 Å². The van der Waals surface area contributed by atoms with E-state index < -0.39 is 27.2 Å². The second kappa shape index (κ2) is 8.06. The summed E-state index contributed by atoms with van der Waals surface area (Å²) in [6, 6.07) is 6.52. The van der Waals surface area contributed by atoms with Crippen LogP contribution < -0.4 is 10.0 Å². The van der Waals surface area contributed by atoms with Crippen LogP contribution in [0.1, 0.15) is 5.56 Å².